The summed E-state index contributed by atoms with van der Waals surface area (Å²) in [4.78, 5) is 26.9. The predicted octanol–water partition coefficient (Wildman–Crippen LogP) is 5.21. The first-order valence-corrected chi connectivity index (χ1v) is 10.3. The zero-order valence-electron chi connectivity index (χ0n) is 17.2. The highest BCUT2D eigenvalue weighted by Gasteiger charge is 2.16. The Morgan fingerprint density at radius 3 is 2.07 bits per heavy atom. The topological polar surface area (TPSA) is 61.4 Å². The molecule has 0 unspecified atom stereocenters. The fraction of sp³-hybridized carbons (Fsp3) is 0.364. The van der Waals surface area contributed by atoms with E-state index in [4.69, 9.17) is 23.2 Å². The summed E-state index contributed by atoms with van der Waals surface area (Å²) >= 11 is 12.0. The Morgan fingerprint density at radius 2 is 1.52 bits per heavy atom. The van der Waals surface area contributed by atoms with E-state index in [1.54, 1.807) is 18.2 Å². The largest absolute Gasteiger partial charge is 0.324 e. The average molecular weight is 436 g/mol. The van der Waals surface area contributed by atoms with Crippen LogP contribution in [0.4, 0.5) is 11.4 Å². The summed E-state index contributed by atoms with van der Waals surface area (Å²) in [6, 6.07) is 8.96. The monoisotopic (exact) mass is 435 g/mol. The van der Waals surface area contributed by atoms with E-state index < -0.39 is 0 Å². The molecule has 0 bridgehead atoms. The molecule has 2 amide bonds. The van der Waals surface area contributed by atoms with Crippen LogP contribution in [0.3, 0.4) is 0 Å². The van der Waals surface area contributed by atoms with Crippen molar-refractivity contribution in [3.8, 4) is 0 Å². The minimum Gasteiger partial charge on any atom is -0.324 e. The number of amides is 2. The highest BCUT2D eigenvalue weighted by Crippen LogP contribution is 2.25. The number of halogens is 2. The number of rotatable bonds is 8. The molecule has 0 spiro atoms. The van der Waals surface area contributed by atoms with Crippen LogP contribution in [-0.2, 0) is 9.59 Å². The summed E-state index contributed by atoms with van der Waals surface area (Å²) < 4.78 is 0. The van der Waals surface area contributed by atoms with Crippen LogP contribution in [0.2, 0.25) is 10.0 Å². The molecule has 0 saturated heterocycles. The maximum absolute atomic E-state index is 12.6. The van der Waals surface area contributed by atoms with E-state index in [0.29, 0.717) is 22.3 Å². The van der Waals surface area contributed by atoms with Crippen molar-refractivity contribution < 1.29 is 9.59 Å². The molecule has 2 aromatic rings. The minimum absolute atomic E-state index is 0.0894. The van der Waals surface area contributed by atoms with Crippen molar-refractivity contribution >= 4 is 46.4 Å². The smallest absolute Gasteiger partial charge is 0.238 e. The highest BCUT2D eigenvalue weighted by atomic mass is 35.5. The van der Waals surface area contributed by atoms with Gasteiger partial charge >= 0.3 is 0 Å². The molecular formula is C22H27Cl2N3O2. The van der Waals surface area contributed by atoms with Gasteiger partial charge in [0, 0.05) is 10.7 Å². The van der Waals surface area contributed by atoms with E-state index in [1.807, 2.05) is 44.7 Å². The molecule has 2 aromatic carbocycles. The van der Waals surface area contributed by atoms with Gasteiger partial charge in [-0.05, 0) is 63.1 Å². The summed E-state index contributed by atoms with van der Waals surface area (Å²) in [6.45, 7) is 8.83. The predicted molar refractivity (Wildman–Crippen MR) is 121 cm³/mol. The first kappa shape index (κ1) is 23.2. The van der Waals surface area contributed by atoms with Crippen molar-refractivity contribution in [2.75, 3.05) is 30.3 Å². The number of nitrogens with one attached hydrogen (secondary N) is 2. The molecule has 5 nitrogen and oxygen atoms in total. The van der Waals surface area contributed by atoms with E-state index in [1.165, 1.54) is 0 Å². The number of anilines is 2. The van der Waals surface area contributed by atoms with E-state index >= 15 is 0 Å². The second kappa shape index (κ2) is 10.6. The molecule has 0 aliphatic heterocycles. The number of carbonyl (C=O) groups excluding carboxylic acids is 2. The lowest BCUT2D eigenvalue weighted by Gasteiger charge is -2.21. The average Bonchev–Trinajstić information content (AvgIpc) is 2.60. The van der Waals surface area contributed by atoms with E-state index in [2.05, 4.69) is 10.6 Å². The van der Waals surface area contributed by atoms with Crippen LogP contribution in [0.1, 0.15) is 30.0 Å². The Morgan fingerprint density at radius 1 is 0.931 bits per heavy atom. The fourth-order valence-corrected chi connectivity index (χ4v) is 3.73. The third kappa shape index (κ3) is 7.03. The maximum atomic E-state index is 12.6. The molecule has 0 heterocycles. The van der Waals surface area contributed by atoms with Crippen LogP contribution in [0.5, 0.6) is 0 Å². The van der Waals surface area contributed by atoms with Gasteiger partial charge in [0.05, 0.1) is 23.8 Å². The van der Waals surface area contributed by atoms with Crippen LogP contribution in [0.15, 0.2) is 30.3 Å². The number of nitrogens with zero attached hydrogens (tertiary/aromatic N) is 1. The standard InChI is InChI=1S/C22H27Cl2N3O2/c1-5-8-27(12-20(28)25-19-7-6-17(23)11-18(19)24)13-21(29)26-22-15(3)9-14(2)10-16(22)4/h6-7,9-11H,5,8,12-13H2,1-4H3,(H,25,28)(H,26,29). The molecule has 29 heavy (non-hydrogen) atoms. The second-order valence-electron chi connectivity index (χ2n) is 7.20. The molecule has 2 rings (SSSR count). The van der Waals surface area contributed by atoms with Crippen LogP contribution in [0.25, 0.3) is 0 Å². The molecule has 0 aliphatic carbocycles. The molecule has 0 atom stereocenters. The van der Waals surface area contributed by atoms with Crippen molar-refractivity contribution in [3.63, 3.8) is 0 Å². The van der Waals surface area contributed by atoms with Crippen molar-refractivity contribution in [1.29, 1.82) is 0 Å². The fourth-order valence-electron chi connectivity index (χ4n) is 3.27. The SMILES string of the molecule is CCCN(CC(=O)Nc1ccc(Cl)cc1Cl)CC(=O)Nc1c(C)cc(C)cc1C. The van der Waals surface area contributed by atoms with E-state index in [-0.39, 0.29) is 24.9 Å². The first-order valence-electron chi connectivity index (χ1n) is 9.54. The summed E-state index contributed by atoms with van der Waals surface area (Å²) in [7, 11) is 0. The van der Waals surface area contributed by atoms with Crippen molar-refractivity contribution in [1.82, 2.24) is 4.90 Å². The molecule has 2 N–H and O–H groups in total. The van der Waals surface area contributed by atoms with E-state index in [0.717, 1.165) is 28.8 Å². The second-order valence-corrected chi connectivity index (χ2v) is 8.05. The lowest BCUT2D eigenvalue weighted by molar-refractivity contribution is -0.120. The van der Waals surface area contributed by atoms with Crippen molar-refractivity contribution in [2.45, 2.75) is 34.1 Å². The number of aryl methyl sites for hydroxylation is 3. The van der Waals surface area contributed by atoms with Gasteiger partial charge in [0.15, 0.2) is 0 Å². The lowest BCUT2D eigenvalue weighted by atomic mass is 10.1. The molecule has 0 aliphatic rings. The molecule has 0 saturated carbocycles. The highest BCUT2D eigenvalue weighted by molar-refractivity contribution is 6.36. The zero-order valence-corrected chi connectivity index (χ0v) is 18.7. The number of benzene rings is 2. The quantitative estimate of drug-likeness (QED) is 0.598. The van der Waals surface area contributed by atoms with Gasteiger partial charge < -0.3 is 10.6 Å². The number of carbonyl (C=O) groups is 2. The van der Waals surface area contributed by atoms with Crippen LogP contribution < -0.4 is 10.6 Å². The first-order chi connectivity index (χ1) is 13.7. The van der Waals surface area contributed by atoms with Crippen LogP contribution >= 0.6 is 23.2 Å². The molecule has 0 fully saturated rings. The van der Waals surface area contributed by atoms with E-state index in [9.17, 15) is 9.59 Å². The molecular weight excluding hydrogens is 409 g/mol. The molecule has 156 valence electrons. The maximum Gasteiger partial charge on any atom is 0.238 e. The summed E-state index contributed by atoms with van der Waals surface area (Å²) in [5, 5.41) is 6.63. The van der Waals surface area contributed by atoms with Gasteiger partial charge in [0.2, 0.25) is 11.8 Å². The Hall–Kier alpha value is -2.08. The summed E-state index contributed by atoms with van der Waals surface area (Å²) in [6.07, 6.45) is 0.824. The number of hydrogen-bond acceptors (Lipinski definition) is 3. The van der Waals surface area contributed by atoms with Crippen LogP contribution in [0, 0.1) is 20.8 Å². The third-order valence-electron chi connectivity index (χ3n) is 4.42. The van der Waals surface area contributed by atoms with Gasteiger partial charge in [-0.2, -0.15) is 0 Å². The molecule has 0 aromatic heterocycles. The van der Waals surface area contributed by atoms with Gasteiger partial charge in [0.1, 0.15) is 0 Å². The normalized spacial score (nSPS) is 10.9. The Balaban J connectivity index is 2.00. The number of hydrogen-bond donors (Lipinski definition) is 2. The Labute approximate surface area is 182 Å². The van der Waals surface area contributed by atoms with Gasteiger partial charge in [-0.25, -0.2) is 0 Å². The molecule has 7 heteroatoms. The molecule has 0 radical (unpaired) electrons. The van der Waals surface area contributed by atoms with Gasteiger partial charge in [-0.15, -0.1) is 0 Å². The lowest BCUT2D eigenvalue weighted by Crippen LogP contribution is -2.39. The van der Waals surface area contributed by atoms with Gasteiger partial charge in [-0.3, -0.25) is 14.5 Å². The van der Waals surface area contributed by atoms with Crippen LogP contribution in [-0.4, -0.2) is 36.3 Å². The van der Waals surface area contributed by atoms with Gasteiger partial charge in [-0.1, -0.05) is 47.8 Å². The van der Waals surface area contributed by atoms with Crippen molar-refractivity contribution in [2.24, 2.45) is 0 Å². The Kier molecular flexibility index (Phi) is 8.50. The zero-order chi connectivity index (χ0) is 21.6. The third-order valence-corrected chi connectivity index (χ3v) is 4.97. The minimum atomic E-state index is -0.238. The Bertz CT molecular complexity index is 877. The van der Waals surface area contributed by atoms with Gasteiger partial charge in [0.25, 0.3) is 0 Å². The summed E-state index contributed by atoms with van der Waals surface area (Å²) in [5.74, 6) is -0.385. The summed E-state index contributed by atoms with van der Waals surface area (Å²) in [5.41, 5.74) is 4.52. The van der Waals surface area contributed by atoms with Crippen molar-refractivity contribution in [3.05, 3.63) is 57.1 Å².